The van der Waals surface area contributed by atoms with E-state index in [0.29, 0.717) is 24.5 Å². The average molecular weight is 293 g/mol. The van der Waals surface area contributed by atoms with Gasteiger partial charge in [-0.3, -0.25) is 9.59 Å². The van der Waals surface area contributed by atoms with E-state index < -0.39 is 17.8 Å². The summed E-state index contributed by atoms with van der Waals surface area (Å²) in [6.45, 7) is 2.17. The number of hydrogen-bond donors (Lipinski definition) is 2. The van der Waals surface area contributed by atoms with Crippen LogP contribution in [0.4, 0.5) is 0 Å². The number of hydrogen-bond acceptors (Lipinski definition) is 4. The minimum absolute atomic E-state index is 0.219. The van der Waals surface area contributed by atoms with Gasteiger partial charge in [0.25, 0.3) is 0 Å². The molecule has 21 heavy (non-hydrogen) atoms. The molecule has 0 heterocycles. The second kappa shape index (κ2) is 6.47. The Hall–Kier alpha value is -2.24. The van der Waals surface area contributed by atoms with Gasteiger partial charge in [0, 0.05) is 6.07 Å². The fourth-order valence-corrected chi connectivity index (χ4v) is 2.08. The standard InChI is InChI=1S/C15H19NO5/c1-9(21-11-5-3-4-10(6-11)20-2)8-16-14(17)12-7-13(12)15(18)19/h3-6,9,12-13H,7-8H2,1-2H3,(H,16,17)(H,18,19)/t9-,12-,13-/m1/s1. The summed E-state index contributed by atoms with van der Waals surface area (Å²) in [5, 5.41) is 11.5. The first-order valence-corrected chi connectivity index (χ1v) is 6.82. The Morgan fingerprint density at radius 3 is 2.71 bits per heavy atom. The first-order chi connectivity index (χ1) is 10.0. The number of rotatable bonds is 7. The maximum Gasteiger partial charge on any atom is 0.307 e. The molecule has 1 saturated carbocycles. The molecule has 3 atom stereocenters. The third-order valence-corrected chi connectivity index (χ3v) is 3.39. The zero-order valence-corrected chi connectivity index (χ0v) is 12.0. The summed E-state index contributed by atoms with van der Waals surface area (Å²) in [7, 11) is 1.58. The Balaban J connectivity index is 1.76. The molecule has 1 fully saturated rings. The minimum atomic E-state index is -0.907. The van der Waals surface area contributed by atoms with Crippen molar-refractivity contribution in [3.8, 4) is 11.5 Å². The number of methoxy groups -OCH3 is 1. The van der Waals surface area contributed by atoms with Crippen LogP contribution in [-0.4, -0.2) is 36.7 Å². The molecule has 1 aliphatic rings. The molecule has 2 rings (SSSR count). The van der Waals surface area contributed by atoms with Crippen LogP contribution in [-0.2, 0) is 9.59 Å². The van der Waals surface area contributed by atoms with E-state index in [4.69, 9.17) is 14.6 Å². The highest BCUT2D eigenvalue weighted by Gasteiger charge is 2.48. The smallest absolute Gasteiger partial charge is 0.307 e. The second-order valence-electron chi connectivity index (χ2n) is 5.14. The number of ether oxygens (including phenoxy) is 2. The van der Waals surface area contributed by atoms with Crippen LogP contribution < -0.4 is 14.8 Å². The Morgan fingerprint density at radius 1 is 1.38 bits per heavy atom. The van der Waals surface area contributed by atoms with Crippen LogP contribution in [0.5, 0.6) is 11.5 Å². The highest BCUT2D eigenvalue weighted by Crippen LogP contribution is 2.38. The van der Waals surface area contributed by atoms with Crippen LogP contribution >= 0.6 is 0 Å². The van der Waals surface area contributed by atoms with Crippen LogP contribution in [0.2, 0.25) is 0 Å². The van der Waals surface area contributed by atoms with Crippen LogP contribution in [0.3, 0.4) is 0 Å². The van der Waals surface area contributed by atoms with E-state index in [-0.39, 0.29) is 12.0 Å². The highest BCUT2D eigenvalue weighted by molar-refractivity contribution is 5.89. The molecule has 1 aromatic carbocycles. The molecule has 2 N–H and O–H groups in total. The summed E-state index contributed by atoms with van der Waals surface area (Å²) in [5.74, 6) is -0.692. The molecule has 6 heteroatoms. The first kappa shape index (κ1) is 15.2. The van der Waals surface area contributed by atoms with Crippen molar-refractivity contribution in [1.82, 2.24) is 5.32 Å². The normalized spacial score (nSPS) is 21.2. The van der Waals surface area contributed by atoms with Crippen molar-refractivity contribution in [3.63, 3.8) is 0 Å². The van der Waals surface area contributed by atoms with Gasteiger partial charge in [-0.25, -0.2) is 0 Å². The summed E-state index contributed by atoms with van der Waals surface area (Å²) in [6.07, 6.45) is 0.204. The van der Waals surface area contributed by atoms with Gasteiger partial charge < -0.3 is 19.9 Å². The van der Waals surface area contributed by atoms with Gasteiger partial charge in [0.05, 0.1) is 25.5 Å². The van der Waals surface area contributed by atoms with Crippen LogP contribution in [0.15, 0.2) is 24.3 Å². The lowest BCUT2D eigenvalue weighted by Crippen LogP contribution is -2.35. The van der Waals surface area contributed by atoms with E-state index in [1.54, 1.807) is 13.2 Å². The lowest BCUT2D eigenvalue weighted by molar-refractivity contribution is -0.140. The second-order valence-corrected chi connectivity index (χ2v) is 5.14. The molecule has 6 nitrogen and oxygen atoms in total. The number of nitrogens with one attached hydrogen (secondary N) is 1. The average Bonchev–Trinajstić information content (AvgIpc) is 3.25. The van der Waals surface area contributed by atoms with E-state index in [2.05, 4.69) is 5.32 Å². The predicted molar refractivity (Wildman–Crippen MR) is 75.3 cm³/mol. The van der Waals surface area contributed by atoms with Gasteiger partial charge in [-0.1, -0.05) is 6.07 Å². The highest BCUT2D eigenvalue weighted by atomic mass is 16.5. The number of carboxylic acid groups (broad SMARTS) is 1. The molecule has 1 aliphatic carbocycles. The molecule has 0 spiro atoms. The Bertz CT molecular complexity index is 531. The van der Waals surface area contributed by atoms with Crippen LogP contribution in [0.25, 0.3) is 0 Å². The van der Waals surface area contributed by atoms with Gasteiger partial charge in [0.1, 0.15) is 17.6 Å². The molecule has 114 valence electrons. The van der Waals surface area contributed by atoms with Gasteiger partial charge in [0.2, 0.25) is 5.91 Å². The van der Waals surface area contributed by atoms with Gasteiger partial charge in [-0.2, -0.15) is 0 Å². The van der Waals surface area contributed by atoms with Gasteiger partial charge in [0.15, 0.2) is 0 Å². The van der Waals surface area contributed by atoms with Gasteiger partial charge in [-0.15, -0.1) is 0 Å². The fourth-order valence-electron chi connectivity index (χ4n) is 2.08. The molecule has 1 aromatic rings. The van der Waals surface area contributed by atoms with Crippen molar-refractivity contribution in [1.29, 1.82) is 0 Å². The predicted octanol–water partition coefficient (Wildman–Crippen LogP) is 1.30. The van der Waals surface area contributed by atoms with E-state index in [9.17, 15) is 9.59 Å². The SMILES string of the molecule is COc1cccc(O[C@H](C)CNC(=O)[C@@H]2C[C@H]2C(=O)O)c1. The van der Waals surface area contributed by atoms with Crippen LogP contribution in [0.1, 0.15) is 13.3 Å². The first-order valence-electron chi connectivity index (χ1n) is 6.82. The van der Waals surface area contributed by atoms with Crippen molar-refractivity contribution >= 4 is 11.9 Å². The lowest BCUT2D eigenvalue weighted by atomic mass is 10.3. The number of carbonyl (C=O) groups excluding carboxylic acids is 1. The van der Waals surface area contributed by atoms with Crippen LogP contribution in [0, 0.1) is 11.8 Å². The minimum Gasteiger partial charge on any atom is -0.497 e. The van der Waals surface area contributed by atoms with Crippen molar-refractivity contribution in [2.45, 2.75) is 19.4 Å². The molecule has 0 unspecified atom stereocenters. The Labute approximate surface area is 123 Å². The van der Waals surface area contributed by atoms with Gasteiger partial charge >= 0.3 is 5.97 Å². The monoisotopic (exact) mass is 293 g/mol. The number of amides is 1. The van der Waals surface area contributed by atoms with E-state index >= 15 is 0 Å². The number of benzene rings is 1. The third kappa shape index (κ3) is 4.11. The largest absolute Gasteiger partial charge is 0.497 e. The fraction of sp³-hybridized carbons (Fsp3) is 0.467. The van der Waals surface area contributed by atoms with Crippen molar-refractivity contribution in [2.24, 2.45) is 11.8 Å². The third-order valence-electron chi connectivity index (χ3n) is 3.39. The van der Waals surface area contributed by atoms with E-state index in [0.717, 1.165) is 0 Å². The summed E-state index contributed by atoms with van der Waals surface area (Å²) in [5.41, 5.74) is 0. The Morgan fingerprint density at radius 2 is 2.10 bits per heavy atom. The van der Waals surface area contributed by atoms with Gasteiger partial charge in [-0.05, 0) is 25.5 Å². The molecular formula is C15H19NO5. The van der Waals surface area contributed by atoms with E-state index in [1.807, 2.05) is 25.1 Å². The molecule has 0 aliphatic heterocycles. The van der Waals surface area contributed by atoms with Crippen molar-refractivity contribution in [3.05, 3.63) is 24.3 Å². The lowest BCUT2D eigenvalue weighted by Gasteiger charge is -2.16. The zero-order valence-electron chi connectivity index (χ0n) is 12.0. The summed E-state index contributed by atoms with van der Waals surface area (Å²) >= 11 is 0. The molecule has 0 saturated heterocycles. The number of carbonyl (C=O) groups is 2. The molecule has 0 bridgehead atoms. The summed E-state index contributed by atoms with van der Waals surface area (Å²) in [4.78, 5) is 22.4. The molecule has 1 amide bonds. The van der Waals surface area contributed by atoms with E-state index in [1.165, 1.54) is 0 Å². The molecule has 0 aromatic heterocycles. The maximum absolute atomic E-state index is 11.7. The molecule has 0 radical (unpaired) electrons. The topological polar surface area (TPSA) is 84.9 Å². The summed E-state index contributed by atoms with van der Waals surface area (Å²) < 4.78 is 10.8. The zero-order chi connectivity index (χ0) is 15.4. The quantitative estimate of drug-likeness (QED) is 0.791. The number of carboxylic acids is 1. The maximum atomic E-state index is 11.7. The molecular weight excluding hydrogens is 274 g/mol. The number of aliphatic carboxylic acids is 1. The van der Waals surface area contributed by atoms with Crippen molar-refractivity contribution in [2.75, 3.05) is 13.7 Å². The summed E-state index contributed by atoms with van der Waals surface area (Å²) in [6, 6.07) is 7.21. The Kier molecular flexibility index (Phi) is 4.67. The van der Waals surface area contributed by atoms with Crippen molar-refractivity contribution < 1.29 is 24.2 Å².